The molecule has 2 nitrogen and oxygen atoms in total. The molecule has 0 heterocycles. The van der Waals surface area contributed by atoms with Gasteiger partial charge in [-0.25, -0.2) is 4.79 Å². The van der Waals surface area contributed by atoms with Gasteiger partial charge in [0.15, 0.2) is 6.61 Å². The largest absolute Gasteiger partial charge is 0.449 e. The molecule has 0 N–H and O–H groups in total. The summed E-state index contributed by atoms with van der Waals surface area (Å²) in [7, 11) is 0. The van der Waals surface area contributed by atoms with Crippen LogP contribution in [0.25, 0.3) is 0 Å². The van der Waals surface area contributed by atoms with Gasteiger partial charge in [-0.1, -0.05) is 38.7 Å². The summed E-state index contributed by atoms with van der Waals surface area (Å²) in [5.74, 6) is 1.91. The lowest BCUT2D eigenvalue weighted by atomic mass is 9.81. The van der Waals surface area contributed by atoms with Gasteiger partial charge in [0, 0.05) is 6.08 Å². The molecule has 0 aromatic carbocycles. The maximum absolute atomic E-state index is 11.3. The molecule has 0 spiro atoms. The van der Waals surface area contributed by atoms with Crippen LogP contribution in [0.2, 0.25) is 0 Å². The molecule has 0 saturated carbocycles. The molecule has 0 rings (SSSR count). The number of rotatable bonds is 5. The molecular formula is C13H20O2. The Morgan fingerprint density at radius 2 is 2.13 bits per heavy atom. The highest BCUT2D eigenvalue weighted by atomic mass is 16.5. The van der Waals surface area contributed by atoms with E-state index in [0.717, 1.165) is 18.4 Å². The first kappa shape index (κ1) is 13.8. The van der Waals surface area contributed by atoms with Crippen LogP contribution in [0.15, 0.2) is 11.6 Å². The monoisotopic (exact) mass is 208 g/mol. The van der Waals surface area contributed by atoms with Crippen molar-refractivity contribution in [2.24, 2.45) is 5.41 Å². The summed E-state index contributed by atoms with van der Waals surface area (Å²) < 4.78 is 4.78. The Balaban J connectivity index is 4.42. The molecule has 0 aromatic heterocycles. The topological polar surface area (TPSA) is 26.3 Å². The van der Waals surface area contributed by atoms with Gasteiger partial charge in [-0.2, -0.15) is 0 Å². The summed E-state index contributed by atoms with van der Waals surface area (Å²) in [5, 5.41) is 0. The Morgan fingerprint density at radius 3 is 2.60 bits per heavy atom. The maximum atomic E-state index is 11.3. The second kappa shape index (κ2) is 6.29. The highest BCUT2D eigenvalue weighted by Gasteiger charge is 2.19. The second-order valence-electron chi connectivity index (χ2n) is 4.27. The molecule has 0 fully saturated rings. The van der Waals surface area contributed by atoms with E-state index in [4.69, 9.17) is 11.2 Å². The molecule has 0 aromatic rings. The molecule has 0 amide bonds. The second-order valence-corrected chi connectivity index (χ2v) is 4.27. The van der Waals surface area contributed by atoms with Crippen LogP contribution in [0, 0.1) is 17.8 Å². The van der Waals surface area contributed by atoms with Crippen LogP contribution in [0.3, 0.4) is 0 Å². The molecular weight excluding hydrogens is 188 g/mol. The van der Waals surface area contributed by atoms with E-state index in [0.29, 0.717) is 0 Å². The van der Waals surface area contributed by atoms with Crippen LogP contribution in [0.1, 0.15) is 40.5 Å². The van der Waals surface area contributed by atoms with E-state index in [-0.39, 0.29) is 18.0 Å². The van der Waals surface area contributed by atoms with E-state index >= 15 is 0 Å². The number of terminal acetylenes is 1. The summed E-state index contributed by atoms with van der Waals surface area (Å²) in [6.45, 7) is 8.36. The highest BCUT2D eigenvalue weighted by Crippen LogP contribution is 2.30. The van der Waals surface area contributed by atoms with Crippen molar-refractivity contribution in [3.8, 4) is 12.3 Å². The van der Waals surface area contributed by atoms with Crippen LogP contribution >= 0.6 is 0 Å². The first-order valence-electron chi connectivity index (χ1n) is 5.23. The fourth-order valence-electron chi connectivity index (χ4n) is 1.35. The van der Waals surface area contributed by atoms with E-state index in [2.05, 4.69) is 26.7 Å². The molecule has 84 valence electrons. The minimum Gasteiger partial charge on any atom is -0.449 e. The molecule has 0 bridgehead atoms. The van der Waals surface area contributed by atoms with Crippen molar-refractivity contribution in [1.29, 1.82) is 0 Å². The summed E-state index contributed by atoms with van der Waals surface area (Å²) in [5.41, 5.74) is 1.08. The maximum Gasteiger partial charge on any atom is 0.331 e. The van der Waals surface area contributed by atoms with Crippen LogP contribution in [0.5, 0.6) is 0 Å². The minimum atomic E-state index is -0.352. The molecule has 0 aliphatic carbocycles. The van der Waals surface area contributed by atoms with Crippen molar-refractivity contribution in [2.45, 2.75) is 40.5 Å². The SMILES string of the molecule is C#CCOC(=O)/C=C(\C)C(C)(C)CCC. The Labute approximate surface area is 92.7 Å². The van der Waals surface area contributed by atoms with Gasteiger partial charge in [0.25, 0.3) is 0 Å². The Kier molecular flexibility index (Phi) is 5.77. The number of ether oxygens (including phenoxy) is 1. The third-order valence-corrected chi connectivity index (χ3v) is 2.57. The lowest BCUT2D eigenvalue weighted by molar-refractivity contribution is -0.136. The zero-order chi connectivity index (χ0) is 11.9. The van der Waals surface area contributed by atoms with E-state index in [1.165, 1.54) is 6.08 Å². The smallest absolute Gasteiger partial charge is 0.331 e. The molecule has 0 radical (unpaired) electrons. The van der Waals surface area contributed by atoms with Crippen molar-refractivity contribution in [3.63, 3.8) is 0 Å². The van der Waals surface area contributed by atoms with Gasteiger partial charge in [-0.3, -0.25) is 0 Å². The molecule has 0 aliphatic heterocycles. The number of hydrogen-bond acceptors (Lipinski definition) is 2. The van der Waals surface area contributed by atoms with Crippen LogP contribution < -0.4 is 0 Å². The fourth-order valence-corrected chi connectivity index (χ4v) is 1.35. The van der Waals surface area contributed by atoms with Gasteiger partial charge >= 0.3 is 5.97 Å². The average molecular weight is 208 g/mol. The van der Waals surface area contributed by atoms with Crippen molar-refractivity contribution < 1.29 is 9.53 Å². The quantitative estimate of drug-likeness (QED) is 0.394. The van der Waals surface area contributed by atoms with Crippen molar-refractivity contribution in [1.82, 2.24) is 0 Å². The minimum absolute atomic E-state index is 0.0385. The number of hydrogen-bond donors (Lipinski definition) is 0. The first-order valence-corrected chi connectivity index (χ1v) is 5.23. The average Bonchev–Trinajstić information content (AvgIpc) is 2.14. The number of esters is 1. The highest BCUT2D eigenvalue weighted by molar-refractivity contribution is 5.83. The fraction of sp³-hybridized carbons (Fsp3) is 0.615. The van der Waals surface area contributed by atoms with Gasteiger partial charge in [-0.15, -0.1) is 6.42 Å². The van der Waals surface area contributed by atoms with Crippen LogP contribution in [0.4, 0.5) is 0 Å². The predicted molar refractivity (Wildman–Crippen MR) is 62.2 cm³/mol. The zero-order valence-corrected chi connectivity index (χ0v) is 10.1. The zero-order valence-electron chi connectivity index (χ0n) is 10.1. The third kappa shape index (κ3) is 5.27. The lowest BCUT2D eigenvalue weighted by Crippen LogP contribution is -2.14. The van der Waals surface area contributed by atoms with E-state index in [1.807, 2.05) is 6.92 Å². The van der Waals surface area contributed by atoms with Crippen molar-refractivity contribution in [3.05, 3.63) is 11.6 Å². The number of carbonyl (C=O) groups is 1. The number of carbonyl (C=O) groups excluding carboxylic acids is 1. The van der Waals surface area contributed by atoms with Crippen LogP contribution in [-0.2, 0) is 9.53 Å². The predicted octanol–water partition coefficient (Wildman–Crippen LogP) is 2.94. The Morgan fingerprint density at radius 1 is 1.53 bits per heavy atom. The van der Waals surface area contributed by atoms with E-state index in [9.17, 15) is 4.79 Å². The lowest BCUT2D eigenvalue weighted by Gasteiger charge is -2.24. The third-order valence-electron chi connectivity index (χ3n) is 2.57. The Bertz CT molecular complexity index is 279. The Hall–Kier alpha value is -1.23. The van der Waals surface area contributed by atoms with Gasteiger partial charge in [-0.05, 0) is 18.8 Å². The van der Waals surface area contributed by atoms with Gasteiger partial charge in [0.2, 0.25) is 0 Å². The van der Waals surface area contributed by atoms with Gasteiger partial charge in [0.1, 0.15) is 0 Å². The van der Waals surface area contributed by atoms with Gasteiger partial charge < -0.3 is 4.74 Å². The van der Waals surface area contributed by atoms with Crippen molar-refractivity contribution in [2.75, 3.05) is 6.61 Å². The summed E-state index contributed by atoms with van der Waals surface area (Å²) in [4.78, 5) is 11.3. The molecule has 0 unspecified atom stereocenters. The normalized spacial score (nSPS) is 12.1. The van der Waals surface area contributed by atoms with Gasteiger partial charge in [0.05, 0.1) is 0 Å². The van der Waals surface area contributed by atoms with Crippen molar-refractivity contribution >= 4 is 5.97 Å². The molecule has 15 heavy (non-hydrogen) atoms. The summed E-state index contributed by atoms with van der Waals surface area (Å²) in [6.07, 6.45) is 8.68. The van der Waals surface area contributed by atoms with E-state index in [1.54, 1.807) is 0 Å². The summed E-state index contributed by atoms with van der Waals surface area (Å²) >= 11 is 0. The molecule has 2 heteroatoms. The molecule has 0 saturated heterocycles. The molecule has 0 atom stereocenters. The number of allylic oxidation sites excluding steroid dienone is 1. The summed E-state index contributed by atoms with van der Waals surface area (Å²) in [6, 6.07) is 0. The standard InChI is InChI=1S/C13H20O2/c1-6-8-13(4,5)11(3)10-12(14)15-9-7-2/h2,10H,6,8-9H2,1,3-5H3/b11-10+. The van der Waals surface area contributed by atoms with Crippen LogP contribution in [-0.4, -0.2) is 12.6 Å². The van der Waals surface area contributed by atoms with E-state index < -0.39 is 0 Å². The first-order chi connectivity index (χ1) is 6.94. The molecule has 0 aliphatic rings.